The van der Waals surface area contributed by atoms with Crippen molar-refractivity contribution in [2.75, 3.05) is 10.0 Å². The van der Waals surface area contributed by atoms with Crippen molar-refractivity contribution in [1.82, 2.24) is 0 Å². The SMILES string of the molecule is Cc1cccc(NS(=O)(=O)c2cc(C(=O)Nc3cccc(OC(C)C)c3)ccc2C)c1. The van der Waals surface area contributed by atoms with Crippen LogP contribution in [0.2, 0.25) is 0 Å². The molecular weight excluding hydrogens is 412 g/mol. The van der Waals surface area contributed by atoms with Crippen LogP contribution in [-0.4, -0.2) is 20.4 Å². The maximum atomic E-state index is 13.0. The average Bonchev–Trinajstić information content (AvgIpc) is 2.67. The fraction of sp³-hybridized carbons (Fsp3) is 0.208. The number of hydrogen-bond donors (Lipinski definition) is 2. The molecule has 0 saturated heterocycles. The van der Waals surface area contributed by atoms with Gasteiger partial charge in [-0.25, -0.2) is 8.42 Å². The predicted molar refractivity (Wildman–Crippen MR) is 123 cm³/mol. The number of carbonyl (C=O) groups excluding carboxylic acids is 1. The molecule has 0 fully saturated rings. The number of nitrogens with one attached hydrogen (secondary N) is 2. The smallest absolute Gasteiger partial charge is 0.262 e. The number of benzene rings is 3. The highest BCUT2D eigenvalue weighted by molar-refractivity contribution is 7.92. The summed E-state index contributed by atoms with van der Waals surface area (Å²) in [5.74, 6) is 0.232. The number of hydrogen-bond acceptors (Lipinski definition) is 4. The first-order chi connectivity index (χ1) is 14.6. The van der Waals surface area contributed by atoms with Gasteiger partial charge in [0, 0.05) is 23.0 Å². The fourth-order valence-electron chi connectivity index (χ4n) is 3.07. The lowest BCUT2D eigenvalue weighted by Crippen LogP contribution is -2.17. The van der Waals surface area contributed by atoms with E-state index in [1.165, 1.54) is 6.07 Å². The molecule has 0 saturated carbocycles. The normalized spacial score (nSPS) is 11.3. The summed E-state index contributed by atoms with van der Waals surface area (Å²) in [6.07, 6.45) is 0.0108. The molecule has 0 heterocycles. The second kappa shape index (κ2) is 9.22. The Labute approximate surface area is 183 Å². The zero-order chi connectivity index (χ0) is 22.6. The molecule has 3 aromatic carbocycles. The molecule has 0 aliphatic heterocycles. The molecule has 0 atom stereocenters. The lowest BCUT2D eigenvalue weighted by atomic mass is 10.1. The van der Waals surface area contributed by atoms with Gasteiger partial charge in [-0.1, -0.05) is 24.3 Å². The lowest BCUT2D eigenvalue weighted by molar-refractivity contribution is 0.102. The molecule has 31 heavy (non-hydrogen) atoms. The van der Waals surface area contributed by atoms with Crippen LogP contribution in [0.5, 0.6) is 5.75 Å². The van der Waals surface area contributed by atoms with Gasteiger partial charge >= 0.3 is 0 Å². The van der Waals surface area contributed by atoms with E-state index in [1.54, 1.807) is 55.5 Å². The second-order valence-corrected chi connectivity index (χ2v) is 9.25. The molecule has 0 aliphatic carbocycles. The van der Waals surface area contributed by atoms with Gasteiger partial charge in [-0.2, -0.15) is 0 Å². The first kappa shape index (κ1) is 22.4. The van der Waals surface area contributed by atoms with Gasteiger partial charge in [-0.15, -0.1) is 0 Å². The molecule has 0 unspecified atom stereocenters. The summed E-state index contributed by atoms with van der Waals surface area (Å²) < 4.78 is 34.1. The topological polar surface area (TPSA) is 84.5 Å². The van der Waals surface area contributed by atoms with Crippen LogP contribution in [0.15, 0.2) is 71.6 Å². The van der Waals surface area contributed by atoms with Crippen LogP contribution in [0.4, 0.5) is 11.4 Å². The van der Waals surface area contributed by atoms with Crippen molar-refractivity contribution >= 4 is 27.3 Å². The Morgan fingerprint density at radius 2 is 1.61 bits per heavy atom. The molecule has 3 aromatic rings. The Hall–Kier alpha value is -3.32. The van der Waals surface area contributed by atoms with E-state index in [-0.39, 0.29) is 16.6 Å². The minimum atomic E-state index is -3.86. The molecule has 0 radical (unpaired) electrons. The molecule has 0 bridgehead atoms. The van der Waals surface area contributed by atoms with E-state index >= 15 is 0 Å². The van der Waals surface area contributed by atoms with Gasteiger partial charge in [0.15, 0.2) is 0 Å². The van der Waals surface area contributed by atoms with Crippen molar-refractivity contribution in [3.05, 3.63) is 83.4 Å². The van der Waals surface area contributed by atoms with Crippen LogP contribution in [0.25, 0.3) is 0 Å². The summed E-state index contributed by atoms with van der Waals surface area (Å²) in [7, 11) is -3.86. The van der Waals surface area contributed by atoms with Crippen LogP contribution >= 0.6 is 0 Å². The molecule has 162 valence electrons. The van der Waals surface area contributed by atoms with Crippen molar-refractivity contribution in [1.29, 1.82) is 0 Å². The maximum Gasteiger partial charge on any atom is 0.262 e. The van der Waals surface area contributed by atoms with Crippen molar-refractivity contribution in [2.45, 2.75) is 38.7 Å². The van der Waals surface area contributed by atoms with E-state index in [0.29, 0.717) is 22.7 Å². The molecule has 0 aromatic heterocycles. The number of carbonyl (C=O) groups is 1. The highest BCUT2D eigenvalue weighted by Crippen LogP contribution is 2.23. The van der Waals surface area contributed by atoms with Crippen LogP contribution in [0.3, 0.4) is 0 Å². The van der Waals surface area contributed by atoms with Gasteiger partial charge in [0.25, 0.3) is 15.9 Å². The van der Waals surface area contributed by atoms with Crippen LogP contribution < -0.4 is 14.8 Å². The summed E-state index contributed by atoms with van der Waals surface area (Å²) in [5.41, 5.74) is 2.75. The average molecular weight is 439 g/mol. The lowest BCUT2D eigenvalue weighted by Gasteiger charge is -2.13. The number of ether oxygens (including phenoxy) is 1. The van der Waals surface area contributed by atoms with Crippen molar-refractivity contribution in [3.63, 3.8) is 0 Å². The number of sulfonamides is 1. The molecule has 6 nitrogen and oxygen atoms in total. The van der Waals surface area contributed by atoms with Gasteiger partial charge < -0.3 is 10.1 Å². The number of anilines is 2. The van der Waals surface area contributed by atoms with Gasteiger partial charge in [0.2, 0.25) is 0 Å². The van der Waals surface area contributed by atoms with Gasteiger partial charge in [-0.05, 0) is 75.2 Å². The summed E-state index contributed by atoms with van der Waals surface area (Å²) in [4.78, 5) is 12.8. The van der Waals surface area contributed by atoms with Gasteiger partial charge in [-0.3, -0.25) is 9.52 Å². The predicted octanol–water partition coefficient (Wildman–Crippen LogP) is 5.14. The number of amides is 1. The van der Waals surface area contributed by atoms with Crippen molar-refractivity contribution < 1.29 is 17.9 Å². The third-order valence-corrected chi connectivity index (χ3v) is 6.00. The van der Waals surface area contributed by atoms with Crippen LogP contribution in [0.1, 0.15) is 35.3 Å². The number of rotatable bonds is 7. The molecule has 7 heteroatoms. The molecule has 1 amide bonds. The van der Waals surface area contributed by atoms with E-state index in [0.717, 1.165) is 5.56 Å². The maximum absolute atomic E-state index is 13.0. The molecule has 2 N–H and O–H groups in total. The zero-order valence-corrected chi connectivity index (χ0v) is 18.8. The number of aryl methyl sites for hydroxylation is 2. The Morgan fingerprint density at radius 1 is 0.903 bits per heavy atom. The highest BCUT2D eigenvalue weighted by Gasteiger charge is 2.19. The first-order valence-electron chi connectivity index (χ1n) is 9.92. The Balaban J connectivity index is 1.84. The standard InChI is InChI=1S/C24H26N2O4S/c1-16(2)30-22-10-6-8-20(15-22)25-24(27)19-12-11-18(4)23(14-19)31(28,29)26-21-9-5-7-17(3)13-21/h5-16,26H,1-4H3,(H,25,27). The highest BCUT2D eigenvalue weighted by atomic mass is 32.2. The quantitative estimate of drug-likeness (QED) is 0.535. The van der Waals surface area contributed by atoms with E-state index < -0.39 is 15.9 Å². The molecule has 0 aliphatic rings. The Bertz CT molecular complexity index is 1200. The Kier molecular flexibility index (Phi) is 6.65. The molecular formula is C24H26N2O4S. The fourth-order valence-corrected chi connectivity index (χ4v) is 4.39. The van der Waals surface area contributed by atoms with Crippen LogP contribution in [-0.2, 0) is 10.0 Å². The third kappa shape index (κ3) is 5.86. The molecule has 3 rings (SSSR count). The minimum Gasteiger partial charge on any atom is -0.491 e. The van der Waals surface area contributed by atoms with Gasteiger partial charge in [0.1, 0.15) is 5.75 Å². The minimum absolute atomic E-state index is 0.0108. The second-order valence-electron chi connectivity index (χ2n) is 7.60. The summed E-state index contributed by atoms with van der Waals surface area (Å²) >= 11 is 0. The largest absolute Gasteiger partial charge is 0.491 e. The first-order valence-corrected chi connectivity index (χ1v) is 11.4. The van der Waals surface area contributed by atoms with Crippen molar-refractivity contribution in [3.8, 4) is 5.75 Å². The Morgan fingerprint density at radius 3 is 2.32 bits per heavy atom. The summed E-state index contributed by atoms with van der Waals surface area (Å²) in [6.45, 7) is 7.42. The summed E-state index contributed by atoms with van der Waals surface area (Å²) in [5, 5.41) is 2.79. The van der Waals surface area contributed by atoms with Crippen LogP contribution in [0, 0.1) is 13.8 Å². The monoisotopic (exact) mass is 438 g/mol. The molecule has 0 spiro atoms. The zero-order valence-electron chi connectivity index (χ0n) is 18.0. The van der Waals surface area contributed by atoms with E-state index in [2.05, 4.69) is 10.0 Å². The summed E-state index contributed by atoms with van der Waals surface area (Å²) in [6, 6.07) is 18.8. The van der Waals surface area contributed by atoms with Crippen molar-refractivity contribution in [2.24, 2.45) is 0 Å². The van der Waals surface area contributed by atoms with E-state index in [9.17, 15) is 13.2 Å². The van der Waals surface area contributed by atoms with Gasteiger partial charge in [0.05, 0.1) is 11.0 Å². The van der Waals surface area contributed by atoms with E-state index in [1.807, 2.05) is 32.9 Å². The van der Waals surface area contributed by atoms with E-state index in [4.69, 9.17) is 4.74 Å². The third-order valence-electron chi connectivity index (χ3n) is 4.47.